The second-order valence-corrected chi connectivity index (χ2v) is 15.4. The summed E-state index contributed by atoms with van der Waals surface area (Å²) >= 11 is 0. The molecule has 0 bridgehead atoms. The fourth-order valence-electron chi connectivity index (χ4n) is 2.17. The van der Waals surface area contributed by atoms with Crippen molar-refractivity contribution < 1.29 is 35.0 Å². The molecule has 166 valence electrons. The van der Waals surface area contributed by atoms with E-state index in [9.17, 15) is 30.5 Å². The highest BCUT2D eigenvalue weighted by Gasteiger charge is 2.35. The van der Waals surface area contributed by atoms with E-state index in [0.29, 0.717) is 48.7 Å². The Balaban J connectivity index is 4.00. The van der Waals surface area contributed by atoms with Gasteiger partial charge in [0.1, 0.15) is 0 Å². The van der Waals surface area contributed by atoms with Crippen molar-refractivity contribution in [2.24, 2.45) is 0 Å². The van der Waals surface area contributed by atoms with Crippen LogP contribution in [0.5, 0.6) is 0 Å². The summed E-state index contributed by atoms with van der Waals surface area (Å²) in [4.78, 5) is 0. The number of hydrogen-bond acceptors (Lipinski definition) is 7. The van der Waals surface area contributed by atoms with E-state index in [-0.39, 0.29) is 6.42 Å². The maximum atomic E-state index is 12.0. The van der Waals surface area contributed by atoms with Crippen LogP contribution in [0.2, 0.25) is 0 Å². The first-order chi connectivity index (χ1) is 12.0. The van der Waals surface area contributed by atoms with Crippen molar-refractivity contribution in [2.45, 2.75) is 69.3 Å². The minimum Gasteiger partial charge on any atom is -0.308 e. The van der Waals surface area contributed by atoms with Gasteiger partial charge in [-0.3, -0.25) is 13.0 Å². The molecule has 8 nitrogen and oxygen atoms in total. The molecule has 0 rings (SSSR count). The topological polar surface area (TPSA) is 149 Å². The van der Waals surface area contributed by atoms with E-state index >= 15 is 0 Å². The summed E-state index contributed by atoms with van der Waals surface area (Å²) in [5, 5.41) is 0. The van der Waals surface area contributed by atoms with Gasteiger partial charge in [0.05, 0.1) is 20.4 Å². The molecule has 0 amide bonds. The molecule has 0 aromatic carbocycles. The van der Waals surface area contributed by atoms with Gasteiger partial charge in [-0.05, 0) is 59.8 Å². The molecule has 0 heterocycles. The third-order valence-corrected chi connectivity index (χ3v) is 10.7. The molecule has 4 N–H and O–H groups in total. The molecule has 2 atom stereocenters. The van der Waals surface area contributed by atoms with Crippen LogP contribution in [-0.4, -0.2) is 67.6 Å². The molecule has 0 saturated heterocycles. The molecule has 0 fully saturated rings. The van der Waals surface area contributed by atoms with E-state index in [4.69, 9.17) is 4.55 Å². The van der Waals surface area contributed by atoms with Gasteiger partial charge in [0.2, 0.25) is 0 Å². The number of rotatable bonds is 14. The highest BCUT2D eigenvalue weighted by Crippen LogP contribution is 2.50. The Morgan fingerprint density at radius 1 is 0.667 bits per heavy atom. The maximum Gasteiger partial charge on any atom is 0.270 e. The Bertz CT molecular complexity index is 608. The molecule has 0 spiro atoms. The predicted molar refractivity (Wildman–Crippen MR) is 114 cm³/mol. The lowest BCUT2D eigenvalue weighted by molar-refractivity contribution is 0.332. The second kappa shape index (κ2) is 11.0. The van der Waals surface area contributed by atoms with Crippen molar-refractivity contribution in [3.05, 3.63) is 0 Å². The number of hydrogen-bond donors (Lipinski definition) is 4. The molecule has 12 heteroatoms. The van der Waals surface area contributed by atoms with Gasteiger partial charge in [-0.2, -0.15) is 8.42 Å². The highest BCUT2D eigenvalue weighted by atomic mass is 32.3. The predicted octanol–water partition coefficient (Wildman–Crippen LogP) is 3.10. The Labute approximate surface area is 169 Å². The zero-order valence-corrected chi connectivity index (χ0v) is 19.7. The summed E-state index contributed by atoms with van der Waals surface area (Å²) in [5.74, 6) is 1.46. The Morgan fingerprint density at radius 3 is 1.33 bits per heavy atom. The smallest absolute Gasteiger partial charge is 0.270 e. The van der Waals surface area contributed by atoms with Crippen LogP contribution in [0.25, 0.3) is 0 Å². The fourth-order valence-corrected chi connectivity index (χ4v) is 5.45. The van der Waals surface area contributed by atoms with Gasteiger partial charge in [-0.25, -0.2) is 0 Å². The molecule has 0 radical (unpaired) electrons. The molecule has 0 aliphatic rings. The van der Waals surface area contributed by atoms with Gasteiger partial charge < -0.3 is 13.7 Å². The standard InChI is InChI=1S/C15H34O8S4/c1-14(2,26(18,19)20)8-5-10-24(16)12-7-13-25(17)11-6-9-15(3,4)27(21,22)23/h18-20H,5-13H2,1-4H3,(H,21,22,23). The zero-order chi connectivity index (χ0) is 21.5. The molecular weight excluding hydrogens is 436 g/mol. The van der Waals surface area contributed by atoms with Crippen molar-refractivity contribution >= 4 is 42.6 Å². The molecule has 27 heavy (non-hydrogen) atoms. The van der Waals surface area contributed by atoms with Crippen molar-refractivity contribution in [1.29, 1.82) is 0 Å². The summed E-state index contributed by atoms with van der Waals surface area (Å²) < 4.78 is 81.0. The lowest BCUT2D eigenvalue weighted by Gasteiger charge is -2.37. The molecule has 2 unspecified atom stereocenters. The lowest BCUT2D eigenvalue weighted by atomic mass is 10.1. The zero-order valence-electron chi connectivity index (χ0n) is 16.4. The van der Waals surface area contributed by atoms with Crippen molar-refractivity contribution in [3.8, 4) is 0 Å². The summed E-state index contributed by atoms with van der Waals surface area (Å²) in [6.07, 6.45) is 1.94. The van der Waals surface area contributed by atoms with E-state index < -0.39 is 52.1 Å². The van der Waals surface area contributed by atoms with Crippen LogP contribution in [0.1, 0.15) is 59.8 Å². The van der Waals surface area contributed by atoms with Gasteiger partial charge in [0.25, 0.3) is 10.1 Å². The van der Waals surface area contributed by atoms with Crippen LogP contribution in [0.4, 0.5) is 0 Å². The van der Waals surface area contributed by atoms with Gasteiger partial charge in [-0.1, -0.05) is 0 Å². The molecule has 0 aliphatic heterocycles. The van der Waals surface area contributed by atoms with Crippen LogP contribution in [-0.2, 0) is 31.7 Å². The third kappa shape index (κ3) is 10.7. The summed E-state index contributed by atoms with van der Waals surface area (Å²) in [5.41, 5.74) is 0. The molecule has 0 aromatic heterocycles. The van der Waals surface area contributed by atoms with E-state index in [1.807, 2.05) is 0 Å². The second-order valence-electron chi connectivity index (χ2n) is 7.77. The van der Waals surface area contributed by atoms with Crippen LogP contribution in [0.3, 0.4) is 0 Å². The fraction of sp³-hybridized carbons (Fsp3) is 1.00. The van der Waals surface area contributed by atoms with Crippen LogP contribution < -0.4 is 0 Å². The van der Waals surface area contributed by atoms with Crippen LogP contribution in [0.15, 0.2) is 0 Å². The highest BCUT2D eigenvalue weighted by molar-refractivity contribution is 8.20. The van der Waals surface area contributed by atoms with Crippen molar-refractivity contribution in [2.75, 3.05) is 23.0 Å². The Morgan fingerprint density at radius 2 is 1.00 bits per heavy atom. The van der Waals surface area contributed by atoms with E-state index in [1.165, 1.54) is 27.7 Å². The first-order valence-electron chi connectivity index (χ1n) is 8.67. The first kappa shape index (κ1) is 27.4. The maximum absolute atomic E-state index is 12.0. The van der Waals surface area contributed by atoms with Gasteiger partial charge in [0, 0.05) is 44.6 Å². The molecule has 0 aromatic rings. The minimum atomic E-state index is -4.14. The summed E-state index contributed by atoms with van der Waals surface area (Å²) in [6.45, 7) is 5.92. The quantitative estimate of drug-likeness (QED) is 0.283. The van der Waals surface area contributed by atoms with Crippen LogP contribution >= 0.6 is 10.9 Å². The van der Waals surface area contributed by atoms with E-state index in [2.05, 4.69) is 0 Å². The lowest BCUT2D eigenvalue weighted by Crippen LogP contribution is -2.31. The van der Waals surface area contributed by atoms with Crippen LogP contribution in [0, 0.1) is 0 Å². The first-order valence-corrected chi connectivity index (χ1v) is 14.6. The van der Waals surface area contributed by atoms with Gasteiger partial charge in [0.15, 0.2) is 0 Å². The average molecular weight is 471 g/mol. The SMILES string of the molecule is CC(C)(CCCS(=O)CCCS(=O)CCCC(C)(C)S(=O)(=O)O)S(O)(O)O. The van der Waals surface area contributed by atoms with E-state index in [1.54, 1.807) is 0 Å². The summed E-state index contributed by atoms with van der Waals surface area (Å²) in [6, 6.07) is 0. The normalized spacial score (nSPS) is 16.9. The average Bonchev–Trinajstić information content (AvgIpc) is 2.44. The monoisotopic (exact) mass is 470 g/mol. The third-order valence-electron chi connectivity index (χ3n) is 4.49. The Kier molecular flexibility index (Phi) is 11.2. The Hall–Kier alpha value is 0.440. The van der Waals surface area contributed by atoms with Crippen molar-refractivity contribution in [3.63, 3.8) is 0 Å². The molecular formula is C15H34O8S4. The largest absolute Gasteiger partial charge is 0.308 e. The van der Waals surface area contributed by atoms with Gasteiger partial charge in [-0.15, -0.1) is 0 Å². The van der Waals surface area contributed by atoms with Crippen molar-refractivity contribution in [1.82, 2.24) is 0 Å². The molecule has 0 aliphatic carbocycles. The summed E-state index contributed by atoms with van der Waals surface area (Å²) in [7, 11) is -10.0. The van der Waals surface area contributed by atoms with E-state index in [0.717, 1.165) is 0 Å². The minimum absolute atomic E-state index is 0.212. The molecule has 0 saturated carbocycles. The van der Waals surface area contributed by atoms with Gasteiger partial charge >= 0.3 is 0 Å².